The zero-order chi connectivity index (χ0) is 15.3. The third-order valence-corrected chi connectivity index (χ3v) is 3.37. The first-order valence-electron chi connectivity index (χ1n) is 6.15. The Kier molecular flexibility index (Phi) is 5.86. The zero-order valence-corrected chi connectivity index (χ0v) is 12.6. The molecule has 0 atom stereocenters. The van der Waals surface area contributed by atoms with E-state index in [9.17, 15) is 18.0 Å². The van der Waals surface area contributed by atoms with E-state index in [4.69, 9.17) is 5.73 Å². The molecule has 0 aliphatic rings. The van der Waals surface area contributed by atoms with Gasteiger partial charge in [-0.1, -0.05) is 13.3 Å². The molecule has 0 heterocycles. The van der Waals surface area contributed by atoms with Crippen LogP contribution >= 0.6 is 15.9 Å². The quantitative estimate of drug-likeness (QED) is 0.818. The molecule has 0 saturated carbocycles. The Morgan fingerprint density at radius 3 is 2.55 bits per heavy atom. The number of anilines is 1. The number of amides is 1. The average Bonchev–Trinajstić information content (AvgIpc) is 2.35. The number of hydrogen-bond acceptors (Lipinski definition) is 2. The molecule has 0 unspecified atom stereocenters. The first-order valence-corrected chi connectivity index (χ1v) is 6.95. The first-order chi connectivity index (χ1) is 9.24. The summed E-state index contributed by atoms with van der Waals surface area (Å²) in [7, 11) is 0. The van der Waals surface area contributed by atoms with Crippen LogP contribution in [0.3, 0.4) is 0 Å². The first kappa shape index (κ1) is 16.8. The fraction of sp³-hybridized carbons (Fsp3) is 0.462. The molecule has 3 nitrogen and oxygen atoms in total. The molecular weight excluding hydrogens is 337 g/mol. The highest BCUT2D eigenvalue weighted by Crippen LogP contribution is 2.23. The monoisotopic (exact) mass is 352 g/mol. The second-order valence-electron chi connectivity index (χ2n) is 4.43. The van der Waals surface area contributed by atoms with Gasteiger partial charge in [0.2, 0.25) is 0 Å². The third-order valence-electron chi connectivity index (χ3n) is 2.69. The molecule has 0 saturated heterocycles. The van der Waals surface area contributed by atoms with Gasteiger partial charge in [0.15, 0.2) is 0 Å². The molecular formula is C13H16BrF3N2O. The zero-order valence-electron chi connectivity index (χ0n) is 11.0. The molecule has 1 amide bonds. The van der Waals surface area contributed by atoms with Gasteiger partial charge in [0.25, 0.3) is 5.91 Å². The van der Waals surface area contributed by atoms with Crippen LogP contribution in [-0.4, -0.2) is 30.1 Å². The minimum atomic E-state index is -4.41. The van der Waals surface area contributed by atoms with Gasteiger partial charge in [-0.3, -0.25) is 4.79 Å². The Morgan fingerprint density at radius 1 is 1.40 bits per heavy atom. The SMILES string of the molecule is CCCCN(CC(F)(F)F)C(=O)c1ccc(N)c(Br)c1. The number of nitrogen functional groups attached to an aromatic ring is 1. The van der Waals surface area contributed by atoms with Gasteiger partial charge in [0.1, 0.15) is 6.54 Å². The van der Waals surface area contributed by atoms with Crippen LogP contribution in [0.4, 0.5) is 18.9 Å². The Bertz CT molecular complexity index is 477. The summed E-state index contributed by atoms with van der Waals surface area (Å²) < 4.78 is 38.1. The van der Waals surface area contributed by atoms with E-state index in [0.717, 1.165) is 4.90 Å². The molecule has 1 aromatic carbocycles. The van der Waals surface area contributed by atoms with E-state index in [1.807, 2.05) is 6.92 Å². The highest BCUT2D eigenvalue weighted by Gasteiger charge is 2.33. The maximum Gasteiger partial charge on any atom is 0.406 e. The number of carbonyl (C=O) groups excluding carboxylic acids is 1. The van der Waals surface area contributed by atoms with E-state index in [2.05, 4.69) is 15.9 Å². The van der Waals surface area contributed by atoms with Gasteiger partial charge < -0.3 is 10.6 Å². The van der Waals surface area contributed by atoms with Gasteiger partial charge in [-0.05, 0) is 40.5 Å². The molecule has 20 heavy (non-hydrogen) atoms. The van der Waals surface area contributed by atoms with Crippen molar-refractivity contribution in [3.8, 4) is 0 Å². The number of carbonyl (C=O) groups is 1. The van der Waals surface area contributed by atoms with Crippen LogP contribution < -0.4 is 5.73 Å². The van der Waals surface area contributed by atoms with Gasteiger partial charge in [-0.15, -0.1) is 0 Å². The highest BCUT2D eigenvalue weighted by molar-refractivity contribution is 9.10. The molecule has 112 valence electrons. The third kappa shape index (κ3) is 5.03. The van der Waals surface area contributed by atoms with E-state index in [1.165, 1.54) is 18.2 Å². The molecule has 0 radical (unpaired) electrons. The summed E-state index contributed by atoms with van der Waals surface area (Å²) in [6, 6.07) is 4.35. The number of hydrogen-bond donors (Lipinski definition) is 1. The van der Waals surface area contributed by atoms with Crippen molar-refractivity contribution in [2.24, 2.45) is 0 Å². The van der Waals surface area contributed by atoms with Crippen molar-refractivity contribution in [3.63, 3.8) is 0 Å². The van der Waals surface area contributed by atoms with Crippen molar-refractivity contribution in [2.75, 3.05) is 18.8 Å². The van der Waals surface area contributed by atoms with Gasteiger partial charge in [-0.2, -0.15) is 13.2 Å². The number of benzene rings is 1. The van der Waals surface area contributed by atoms with E-state index < -0.39 is 18.6 Å². The lowest BCUT2D eigenvalue weighted by Gasteiger charge is -2.24. The summed E-state index contributed by atoms with van der Waals surface area (Å²) in [6.07, 6.45) is -3.17. The van der Waals surface area contributed by atoms with Crippen molar-refractivity contribution >= 4 is 27.5 Å². The van der Waals surface area contributed by atoms with Crippen molar-refractivity contribution < 1.29 is 18.0 Å². The van der Waals surface area contributed by atoms with Crippen LogP contribution in [0.1, 0.15) is 30.1 Å². The van der Waals surface area contributed by atoms with Crippen LogP contribution in [0.5, 0.6) is 0 Å². The summed E-state index contributed by atoms with van der Waals surface area (Å²) in [5.74, 6) is -0.642. The smallest absolute Gasteiger partial charge is 0.398 e. The molecule has 7 heteroatoms. The number of unbranched alkanes of at least 4 members (excludes halogenated alkanes) is 1. The van der Waals surface area contributed by atoms with E-state index in [1.54, 1.807) is 0 Å². The van der Waals surface area contributed by atoms with Crippen molar-refractivity contribution in [1.82, 2.24) is 4.90 Å². The molecule has 0 bridgehead atoms. The Balaban J connectivity index is 2.93. The van der Waals surface area contributed by atoms with Crippen molar-refractivity contribution in [1.29, 1.82) is 0 Å². The van der Waals surface area contributed by atoms with Gasteiger partial charge in [-0.25, -0.2) is 0 Å². The molecule has 2 N–H and O–H groups in total. The summed E-state index contributed by atoms with van der Waals surface area (Å²) in [4.78, 5) is 13.0. The second-order valence-corrected chi connectivity index (χ2v) is 5.29. The number of halogens is 4. The molecule has 0 aromatic heterocycles. The van der Waals surface area contributed by atoms with Crippen LogP contribution in [0, 0.1) is 0 Å². The number of nitrogens with two attached hydrogens (primary N) is 1. The average molecular weight is 353 g/mol. The normalized spacial score (nSPS) is 11.4. The standard InChI is InChI=1S/C13H16BrF3N2O/c1-2-3-6-19(8-13(15,16)17)12(20)9-4-5-11(18)10(14)7-9/h4-5,7H,2-3,6,8,18H2,1H3. The topological polar surface area (TPSA) is 46.3 Å². The maximum absolute atomic E-state index is 12.5. The van der Waals surface area contributed by atoms with Crippen LogP contribution in [0.25, 0.3) is 0 Å². The van der Waals surface area contributed by atoms with E-state index in [0.29, 0.717) is 23.0 Å². The minimum Gasteiger partial charge on any atom is -0.398 e. The molecule has 1 aromatic rings. The Morgan fingerprint density at radius 2 is 2.05 bits per heavy atom. The summed E-state index contributed by atoms with van der Waals surface area (Å²) in [5.41, 5.74) is 6.21. The molecule has 0 aliphatic carbocycles. The van der Waals surface area contributed by atoms with E-state index >= 15 is 0 Å². The fourth-order valence-corrected chi connectivity index (χ4v) is 2.04. The lowest BCUT2D eigenvalue weighted by Crippen LogP contribution is -2.39. The van der Waals surface area contributed by atoms with Crippen LogP contribution in [0.15, 0.2) is 22.7 Å². The summed E-state index contributed by atoms with van der Waals surface area (Å²) in [6.45, 7) is 0.695. The van der Waals surface area contributed by atoms with Crippen molar-refractivity contribution in [3.05, 3.63) is 28.2 Å². The maximum atomic E-state index is 12.5. The van der Waals surface area contributed by atoms with Gasteiger partial charge >= 0.3 is 6.18 Å². The number of rotatable bonds is 5. The predicted octanol–water partition coefficient (Wildman–Crippen LogP) is 3.84. The Labute approximate surface area is 124 Å². The van der Waals surface area contributed by atoms with E-state index in [-0.39, 0.29) is 12.1 Å². The predicted molar refractivity (Wildman–Crippen MR) is 75.4 cm³/mol. The second kappa shape index (κ2) is 6.97. The summed E-state index contributed by atoms with van der Waals surface area (Å²) >= 11 is 3.16. The van der Waals surface area contributed by atoms with Crippen LogP contribution in [-0.2, 0) is 0 Å². The molecule has 0 spiro atoms. The number of alkyl halides is 3. The minimum absolute atomic E-state index is 0.0802. The summed E-state index contributed by atoms with van der Waals surface area (Å²) in [5, 5.41) is 0. The highest BCUT2D eigenvalue weighted by atomic mass is 79.9. The van der Waals surface area contributed by atoms with Crippen molar-refractivity contribution in [2.45, 2.75) is 25.9 Å². The fourth-order valence-electron chi connectivity index (χ4n) is 1.66. The largest absolute Gasteiger partial charge is 0.406 e. The number of nitrogens with zero attached hydrogens (tertiary/aromatic N) is 1. The lowest BCUT2D eigenvalue weighted by atomic mass is 10.1. The lowest BCUT2D eigenvalue weighted by molar-refractivity contribution is -0.140. The van der Waals surface area contributed by atoms with Gasteiger partial charge in [0, 0.05) is 22.3 Å². The molecule has 1 rings (SSSR count). The van der Waals surface area contributed by atoms with Gasteiger partial charge in [0.05, 0.1) is 0 Å². The van der Waals surface area contributed by atoms with Crippen LogP contribution in [0.2, 0.25) is 0 Å². The molecule has 0 aliphatic heterocycles. The molecule has 0 fully saturated rings. The Hall–Kier alpha value is -1.24.